The molecule has 1 aromatic carbocycles. The molecular weight excluding hydrogens is 222 g/mol. The van der Waals surface area contributed by atoms with Gasteiger partial charge < -0.3 is 0 Å². The molecule has 2 rings (SSSR count). The van der Waals surface area contributed by atoms with Crippen molar-refractivity contribution in [2.75, 3.05) is 4.72 Å². The van der Waals surface area contributed by atoms with Crippen LogP contribution >= 0.6 is 0 Å². The lowest BCUT2D eigenvalue weighted by Gasteiger charge is -2.10. The van der Waals surface area contributed by atoms with Gasteiger partial charge in [-0.2, -0.15) is 0 Å². The van der Waals surface area contributed by atoms with Crippen LogP contribution in [0.2, 0.25) is 0 Å². The minimum Gasteiger partial charge on any atom is -0.280 e. The monoisotopic (exact) mass is 235 g/mol. The number of aryl methyl sites for hydroxylation is 1. The highest BCUT2D eigenvalue weighted by atomic mass is 32.2. The summed E-state index contributed by atoms with van der Waals surface area (Å²) in [5.41, 5.74) is 1.55. The van der Waals surface area contributed by atoms with Crippen molar-refractivity contribution in [3.8, 4) is 0 Å². The van der Waals surface area contributed by atoms with Crippen molar-refractivity contribution in [3.05, 3.63) is 53.0 Å². The Labute approximate surface area is 95.5 Å². The standard InChI is InChI=1S/C12H13NO2S/c1-10-6-2-5-9-12(10)13-16(14,15)11-7-3-4-8-11/h2-7,9,13H,8H2,1H3. The van der Waals surface area contributed by atoms with Gasteiger partial charge >= 0.3 is 0 Å². The fourth-order valence-electron chi connectivity index (χ4n) is 1.52. The molecule has 0 radical (unpaired) electrons. The molecule has 0 amide bonds. The van der Waals surface area contributed by atoms with Crippen LogP contribution in [0.5, 0.6) is 0 Å². The van der Waals surface area contributed by atoms with Gasteiger partial charge in [-0.1, -0.05) is 30.4 Å². The topological polar surface area (TPSA) is 46.2 Å². The number of hydrogen-bond acceptors (Lipinski definition) is 2. The first-order chi connectivity index (χ1) is 7.59. The molecular formula is C12H13NO2S. The molecule has 1 aliphatic carbocycles. The SMILES string of the molecule is Cc1ccccc1NS(=O)(=O)C1=CC=CC1. The number of para-hydroxylation sites is 1. The van der Waals surface area contributed by atoms with Gasteiger partial charge in [0, 0.05) is 6.42 Å². The second kappa shape index (κ2) is 4.14. The van der Waals surface area contributed by atoms with Crippen molar-refractivity contribution < 1.29 is 8.42 Å². The number of benzene rings is 1. The van der Waals surface area contributed by atoms with Crippen LogP contribution in [-0.4, -0.2) is 8.42 Å². The highest BCUT2D eigenvalue weighted by molar-refractivity contribution is 7.96. The van der Waals surface area contributed by atoms with Crippen LogP contribution in [0.3, 0.4) is 0 Å². The molecule has 4 heteroatoms. The van der Waals surface area contributed by atoms with Crippen LogP contribution in [-0.2, 0) is 10.0 Å². The maximum atomic E-state index is 11.9. The summed E-state index contributed by atoms with van der Waals surface area (Å²) in [6, 6.07) is 7.32. The van der Waals surface area contributed by atoms with Gasteiger partial charge in [-0.15, -0.1) is 0 Å². The Balaban J connectivity index is 2.25. The summed E-state index contributed by atoms with van der Waals surface area (Å²) in [5.74, 6) is 0. The van der Waals surface area contributed by atoms with E-state index in [-0.39, 0.29) is 0 Å². The van der Waals surface area contributed by atoms with Crippen LogP contribution in [0, 0.1) is 6.92 Å². The maximum Gasteiger partial charge on any atom is 0.258 e. The lowest BCUT2D eigenvalue weighted by molar-refractivity contribution is 0.606. The number of rotatable bonds is 3. The second-order valence-electron chi connectivity index (χ2n) is 3.69. The number of hydrogen-bond donors (Lipinski definition) is 1. The van der Waals surface area contributed by atoms with Crippen molar-refractivity contribution >= 4 is 15.7 Å². The Bertz CT molecular complexity index is 556. The molecule has 1 aliphatic rings. The first kappa shape index (κ1) is 11.0. The predicted octanol–water partition coefficient (Wildman–Crippen LogP) is 2.58. The largest absolute Gasteiger partial charge is 0.280 e. The lowest BCUT2D eigenvalue weighted by Crippen LogP contribution is -2.14. The first-order valence-corrected chi connectivity index (χ1v) is 6.52. The predicted molar refractivity (Wildman–Crippen MR) is 65.6 cm³/mol. The van der Waals surface area contributed by atoms with E-state index < -0.39 is 10.0 Å². The molecule has 0 unspecified atom stereocenters. The van der Waals surface area contributed by atoms with E-state index in [2.05, 4.69) is 4.72 Å². The lowest BCUT2D eigenvalue weighted by atomic mass is 10.2. The molecule has 0 fully saturated rings. The van der Waals surface area contributed by atoms with E-state index >= 15 is 0 Å². The van der Waals surface area contributed by atoms with Crippen LogP contribution in [0.4, 0.5) is 5.69 Å². The third kappa shape index (κ3) is 2.17. The number of allylic oxidation sites excluding steroid dienone is 4. The minimum absolute atomic E-state index is 0.413. The molecule has 0 spiro atoms. The van der Waals surface area contributed by atoms with Crippen molar-refractivity contribution in [3.63, 3.8) is 0 Å². The summed E-state index contributed by atoms with van der Waals surface area (Å²) in [6.45, 7) is 1.87. The Morgan fingerprint density at radius 2 is 2.00 bits per heavy atom. The highest BCUT2D eigenvalue weighted by Crippen LogP contribution is 2.22. The van der Waals surface area contributed by atoms with E-state index in [9.17, 15) is 8.42 Å². The number of nitrogens with one attached hydrogen (secondary N) is 1. The zero-order valence-corrected chi connectivity index (χ0v) is 9.79. The third-order valence-electron chi connectivity index (χ3n) is 2.47. The molecule has 0 saturated heterocycles. The molecule has 0 aromatic heterocycles. The number of sulfonamides is 1. The highest BCUT2D eigenvalue weighted by Gasteiger charge is 2.18. The van der Waals surface area contributed by atoms with Crippen molar-refractivity contribution in [2.45, 2.75) is 13.3 Å². The smallest absolute Gasteiger partial charge is 0.258 e. The molecule has 1 N–H and O–H groups in total. The zero-order valence-electron chi connectivity index (χ0n) is 8.97. The van der Waals surface area contributed by atoms with E-state index in [1.165, 1.54) is 0 Å². The van der Waals surface area contributed by atoms with Crippen LogP contribution in [0.25, 0.3) is 0 Å². The van der Waals surface area contributed by atoms with Gasteiger partial charge in [-0.05, 0) is 24.6 Å². The molecule has 0 heterocycles. The molecule has 0 atom stereocenters. The Hall–Kier alpha value is -1.55. The Kier molecular flexibility index (Phi) is 2.83. The second-order valence-corrected chi connectivity index (χ2v) is 5.42. The third-order valence-corrected chi connectivity index (χ3v) is 3.95. The molecule has 1 aromatic rings. The van der Waals surface area contributed by atoms with Crippen LogP contribution in [0.1, 0.15) is 12.0 Å². The summed E-state index contributed by atoms with van der Waals surface area (Å²) < 4.78 is 26.5. The van der Waals surface area contributed by atoms with Gasteiger partial charge in [0.2, 0.25) is 0 Å². The molecule has 0 aliphatic heterocycles. The van der Waals surface area contributed by atoms with E-state index in [0.717, 1.165) is 5.56 Å². The van der Waals surface area contributed by atoms with Gasteiger partial charge in [0.1, 0.15) is 0 Å². The molecule has 3 nitrogen and oxygen atoms in total. The maximum absolute atomic E-state index is 11.9. The van der Waals surface area contributed by atoms with Gasteiger partial charge in [0.05, 0.1) is 10.6 Å². The molecule has 0 saturated carbocycles. The van der Waals surface area contributed by atoms with Gasteiger partial charge in [0.25, 0.3) is 10.0 Å². The quantitative estimate of drug-likeness (QED) is 0.875. The summed E-state index contributed by atoms with van der Waals surface area (Å²) in [4.78, 5) is 0.413. The normalized spacial score (nSPS) is 14.9. The molecule has 0 bridgehead atoms. The Morgan fingerprint density at radius 3 is 2.62 bits per heavy atom. The average Bonchev–Trinajstić information content (AvgIpc) is 2.75. The van der Waals surface area contributed by atoms with E-state index in [1.807, 2.05) is 31.2 Å². The summed E-state index contributed by atoms with van der Waals surface area (Å²) >= 11 is 0. The Morgan fingerprint density at radius 1 is 1.25 bits per heavy atom. The zero-order chi connectivity index (χ0) is 11.6. The van der Waals surface area contributed by atoms with Crippen LogP contribution < -0.4 is 4.72 Å². The van der Waals surface area contributed by atoms with E-state index in [4.69, 9.17) is 0 Å². The van der Waals surface area contributed by atoms with Gasteiger partial charge in [-0.25, -0.2) is 8.42 Å². The van der Waals surface area contributed by atoms with Crippen molar-refractivity contribution in [1.29, 1.82) is 0 Å². The first-order valence-electron chi connectivity index (χ1n) is 5.04. The van der Waals surface area contributed by atoms with E-state index in [1.54, 1.807) is 18.2 Å². The summed E-state index contributed by atoms with van der Waals surface area (Å²) in [7, 11) is -3.39. The van der Waals surface area contributed by atoms with Gasteiger partial charge in [0.15, 0.2) is 0 Å². The molecule has 16 heavy (non-hydrogen) atoms. The minimum atomic E-state index is -3.39. The van der Waals surface area contributed by atoms with Crippen molar-refractivity contribution in [2.24, 2.45) is 0 Å². The molecule has 84 valence electrons. The fourth-order valence-corrected chi connectivity index (χ4v) is 2.75. The van der Waals surface area contributed by atoms with E-state index in [0.29, 0.717) is 17.0 Å². The van der Waals surface area contributed by atoms with Gasteiger partial charge in [-0.3, -0.25) is 4.72 Å². The van der Waals surface area contributed by atoms with Crippen molar-refractivity contribution in [1.82, 2.24) is 0 Å². The van der Waals surface area contributed by atoms with Crippen LogP contribution in [0.15, 0.2) is 47.4 Å². The summed E-state index contributed by atoms with van der Waals surface area (Å²) in [6.07, 6.45) is 5.68. The number of anilines is 1. The summed E-state index contributed by atoms with van der Waals surface area (Å²) in [5, 5.41) is 0. The average molecular weight is 235 g/mol. The fraction of sp³-hybridized carbons (Fsp3) is 0.167.